The van der Waals surface area contributed by atoms with E-state index in [0.717, 1.165) is 19.0 Å². The maximum absolute atomic E-state index is 9.39. The van der Waals surface area contributed by atoms with Crippen molar-refractivity contribution in [3.05, 3.63) is 35.9 Å². The molecular weight excluding hydrogens is 272 g/mol. The molecule has 2 N–H and O–H groups in total. The molecule has 0 aliphatic carbocycles. The van der Waals surface area contributed by atoms with Gasteiger partial charge < -0.3 is 10.4 Å². The Labute approximate surface area is 134 Å². The molecule has 3 heteroatoms. The molecule has 2 aliphatic rings. The summed E-state index contributed by atoms with van der Waals surface area (Å²) in [5, 5.41) is 13.2. The van der Waals surface area contributed by atoms with Crippen LogP contribution in [0.3, 0.4) is 0 Å². The van der Waals surface area contributed by atoms with Crippen molar-refractivity contribution in [1.29, 1.82) is 0 Å². The molecule has 3 rings (SSSR count). The number of hydrogen-bond donors (Lipinski definition) is 2. The zero-order valence-electron chi connectivity index (χ0n) is 13.6. The fourth-order valence-corrected chi connectivity index (χ4v) is 4.26. The standard InChI is InChI=1S/C19H30N2O/c22-14-11-17(16-7-2-1-3-8-16)15-20-18-9-6-13-21-12-5-4-10-19(18)21/h1-3,7-8,17-20,22H,4-6,9-15H2/t17-,18-,19-/m1/s1. The maximum atomic E-state index is 9.39. The Hall–Kier alpha value is -0.900. The number of nitrogens with one attached hydrogen (secondary N) is 1. The number of nitrogens with zero attached hydrogens (tertiary/aromatic N) is 1. The van der Waals surface area contributed by atoms with Gasteiger partial charge in [-0.25, -0.2) is 0 Å². The monoisotopic (exact) mass is 302 g/mol. The van der Waals surface area contributed by atoms with Gasteiger partial charge in [-0.15, -0.1) is 0 Å². The van der Waals surface area contributed by atoms with Crippen LogP contribution in [0.2, 0.25) is 0 Å². The number of benzene rings is 1. The fraction of sp³-hybridized carbons (Fsp3) is 0.684. The van der Waals surface area contributed by atoms with Crippen molar-refractivity contribution in [2.24, 2.45) is 0 Å². The lowest BCUT2D eigenvalue weighted by atomic mass is 9.88. The third-order valence-electron chi connectivity index (χ3n) is 5.46. The molecule has 0 spiro atoms. The summed E-state index contributed by atoms with van der Waals surface area (Å²) in [6.07, 6.45) is 7.59. The summed E-state index contributed by atoms with van der Waals surface area (Å²) < 4.78 is 0. The SMILES string of the molecule is OCC[C@H](CN[C@@H]1CCCN2CCCC[C@H]12)c1ccccc1. The van der Waals surface area contributed by atoms with E-state index < -0.39 is 0 Å². The molecule has 0 unspecified atom stereocenters. The highest BCUT2D eigenvalue weighted by Crippen LogP contribution is 2.27. The molecule has 1 aromatic carbocycles. The summed E-state index contributed by atoms with van der Waals surface area (Å²) in [7, 11) is 0. The Morgan fingerprint density at radius 2 is 1.91 bits per heavy atom. The normalized spacial score (nSPS) is 27.3. The summed E-state index contributed by atoms with van der Waals surface area (Å²) >= 11 is 0. The van der Waals surface area contributed by atoms with E-state index in [0.29, 0.717) is 12.0 Å². The number of piperidine rings is 2. The lowest BCUT2D eigenvalue weighted by Crippen LogP contribution is -2.56. The molecule has 0 bridgehead atoms. The van der Waals surface area contributed by atoms with Gasteiger partial charge in [0.1, 0.15) is 0 Å². The third-order valence-corrected chi connectivity index (χ3v) is 5.46. The zero-order valence-corrected chi connectivity index (χ0v) is 13.6. The van der Waals surface area contributed by atoms with E-state index in [-0.39, 0.29) is 6.61 Å². The largest absolute Gasteiger partial charge is 0.396 e. The van der Waals surface area contributed by atoms with Gasteiger partial charge in [-0.3, -0.25) is 4.90 Å². The van der Waals surface area contributed by atoms with E-state index in [9.17, 15) is 5.11 Å². The second kappa shape index (κ2) is 8.09. The zero-order chi connectivity index (χ0) is 15.2. The van der Waals surface area contributed by atoms with Crippen molar-refractivity contribution < 1.29 is 5.11 Å². The first-order valence-electron chi connectivity index (χ1n) is 9.01. The summed E-state index contributed by atoms with van der Waals surface area (Å²) in [5.41, 5.74) is 1.35. The van der Waals surface area contributed by atoms with Gasteiger partial charge in [-0.1, -0.05) is 36.8 Å². The van der Waals surface area contributed by atoms with Gasteiger partial charge in [0.2, 0.25) is 0 Å². The van der Waals surface area contributed by atoms with Gasteiger partial charge in [-0.2, -0.15) is 0 Å². The molecule has 3 atom stereocenters. The number of aliphatic hydroxyl groups is 1. The predicted molar refractivity (Wildman–Crippen MR) is 91.1 cm³/mol. The summed E-state index contributed by atoms with van der Waals surface area (Å²) in [4.78, 5) is 2.70. The molecule has 22 heavy (non-hydrogen) atoms. The summed E-state index contributed by atoms with van der Waals surface area (Å²) in [6, 6.07) is 12.0. The van der Waals surface area contributed by atoms with Crippen LogP contribution in [0.15, 0.2) is 30.3 Å². The molecule has 2 heterocycles. The van der Waals surface area contributed by atoms with Crippen LogP contribution in [0.4, 0.5) is 0 Å². The van der Waals surface area contributed by atoms with Crippen LogP contribution in [-0.2, 0) is 0 Å². The predicted octanol–water partition coefficient (Wildman–Crippen LogP) is 2.76. The molecule has 0 saturated carbocycles. The van der Waals surface area contributed by atoms with Crippen molar-refractivity contribution >= 4 is 0 Å². The van der Waals surface area contributed by atoms with Crippen molar-refractivity contribution in [3.8, 4) is 0 Å². The van der Waals surface area contributed by atoms with Crippen LogP contribution in [0.1, 0.15) is 50.0 Å². The summed E-state index contributed by atoms with van der Waals surface area (Å²) in [6.45, 7) is 3.84. The second-order valence-corrected chi connectivity index (χ2v) is 6.88. The minimum Gasteiger partial charge on any atom is -0.396 e. The van der Waals surface area contributed by atoms with Gasteiger partial charge >= 0.3 is 0 Å². The number of aliphatic hydroxyl groups excluding tert-OH is 1. The molecule has 122 valence electrons. The van der Waals surface area contributed by atoms with Crippen molar-refractivity contribution in [1.82, 2.24) is 10.2 Å². The number of rotatable bonds is 6. The smallest absolute Gasteiger partial charge is 0.0437 e. The van der Waals surface area contributed by atoms with Crippen LogP contribution < -0.4 is 5.32 Å². The Morgan fingerprint density at radius 1 is 1.09 bits per heavy atom. The Balaban J connectivity index is 1.59. The average molecular weight is 302 g/mol. The Morgan fingerprint density at radius 3 is 2.73 bits per heavy atom. The van der Waals surface area contributed by atoms with Gasteiger partial charge in [0.05, 0.1) is 0 Å². The molecule has 2 saturated heterocycles. The first-order valence-corrected chi connectivity index (χ1v) is 9.01. The molecule has 2 aliphatic heterocycles. The van der Waals surface area contributed by atoms with Crippen LogP contribution in [-0.4, -0.2) is 48.3 Å². The van der Waals surface area contributed by atoms with Crippen molar-refractivity contribution in [2.75, 3.05) is 26.2 Å². The van der Waals surface area contributed by atoms with Crippen molar-refractivity contribution in [3.63, 3.8) is 0 Å². The molecule has 0 amide bonds. The minimum absolute atomic E-state index is 0.265. The third kappa shape index (κ3) is 3.89. The van der Waals surface area contributed by atoms with Crippen LogP contribution >= 0.6 is 0 Å². The van der Waals surface area contributed by atoms with E-state index in [1.165, 1.54) is 50.8 Å². The van der Waals surface area contributed by atoms with Crippen molar-refractivity contribution in [2.45, 2.75) is 56.5 Å². The van der Waals surface area contributed by atoms with E-state index in [1.54, 1.807) is 0 Å². The van der Waals surface area contributed by atoms with Crippen LogP contribution in [0.5, 0.6) is 0 Å². The van der Waals surface area contributed by atoms with Crippen LogP contribution in [0.25, 0.3) is 0 Å². The average Bonchev–Trinajstić information content (AvgIpc) is 2.59. The van der Waals surface area contributed by atoms with E-state index in [4.69, 9.17) is 0 Å². The molecule has 1 aromatic rings. The molecule has 0 aromatic heterocycles. The van der Waals surface area contributed by atoms with Gasteiger partial charge in [0, 0.05) is 25.2 Å². The fourth-order valence-electron chi connectivity index (χ4n) is 4.26. The molecule has 2 fully saturated rings. The highest BCUT2D eigenvalue weighted by atomic mass is 16.3. The number of fused-ring (bicyclic) bond motifs is 1. The van der Waals surface area contributed by atoms with E-state index in [2.05, 4.69) is 40.5 Å². The minimum atomic E-state index is 0.265. The Bertz CT molecular complexity index is 434. The van der Waals surface area contributed by atoms with Gasteiger partial charge in [-0.05, 0) is 56.7 Å². The van der Waals surface area contributed by atoms with E-state index >= 15 is 0 Å². The first-order chi connectivity index (χ1) is 10.9. The Kier molecular flexibility index (Phi) is 5.88. The lowest BCUT2D eigenvalue weighted by molar-refractivity contribution is 0.0766. The van der Waals surface area contributed by atoms with Crippen LogP contribution in [0, 0.1) is 0 Å². The van der Waals surface area contributed by atoms with Gasteiger partial charge in [0.25, 0.3) is 0 Å². The maximum Gasteiger partial charge on any atom is 0.0437 e. The quantitative estimate of drug-likeness (QED) is 0.848. The highest BCUT2D eigenvalue weighted by Gasteiger charge is 2.32. The topological polar surface area (TPSA) is 35.5 Å². The first kappa shape index (κ1) is 16.0. The second-order valence-electron chi connectivity index (χ2n) is 6.88. The van der Waals surface area contributed by atoms with Gasteiger partial charge in [0.15, 0.2) is 0 Å². The lowest BCUT2D eigenvalue weighted by Gasteiger charge is -2.45. The molecule has 3 nitrogen and oxygen atoms in total. The summed E-state index contributed by atoms with van der Waals surface area (Å²) in [5.74, 6) is 0.421. The number of hydrogen-bond acceptors (Lipinski definition) is 3. The molecular formula is C19H30N2O. The highest BCUT2D eigenvalue weighted by molar-refractivity contribution is 5.20. The van der Waals surface area contributed by atoms with E-state index in [1.807, 2.05) is 0 Å². The molecule has 0 radical (unpaired) electrons.